The van der Waals surface area contributed by atoms with Gasteiger partial charge in [-0.15, -0.1) is 0 Å². The Bertz CT molecular complexity index is 1120. The van der Waals surface area contributed by atoms with E-state index >= 15 is 0 Å². The van der Waals surface area contributed by atoms with E-state index in [1.807, 2.05) is 30.3 Å². The summed E-state index contributed by atoms with van der Waals surface area (Å²) < 4.78 is 10.2. The van der Waals surface area contributed by atoms with Gasteiger partial charge in [0.25, 0.3) is 5.91 Å². The SMILES string of the molecule is COc1cnc(NC(=O)/C(C#N)=C(\O)c2cnoc2C)nc1CCc1ccccc1. The van der Waals surface area contributed by atoms with Gasteiger partial charge in [-0.1, -0.05) is 35.5 Å². The third kappa shape index (κ3) is 4.62. The number of aliphatic hydroxyl groups is 1. The van der Waals surface area contributed by atoms with Gasteiger partial charge in [-0.05, 0) is 25.3 Å². The second kappa shape index (κ2) is 9.34. The second-order valence-corrected chi connectivity index (χ2v) is 6.28. The number of nitrogens with one attached hydrogen (secondary N) is 1. The summed E-state index contributed by atoms with van der Waals surface area (Å²) in [5.74, 6) is -0.632. The fourth-order valence-corrected chi connectivity index (χ4v) is 2.76. The van der Waals surface area contributed by atoms with Crippen molar-refractivity contribution in [3.8, 4) is 11.8 Å². The molecule has 1 aromatic carbocycles. The molecule has 2 heterocycles. The van der Waals surface area contributed by atoms with Crippen LogP contribution in [-0.2, 0) is 17.6 Å². The van der Waals surface area contributed by atoms with Crippen LogP contribution in [0.3, 0.4) is 0 Å². The highest BCUT2D eigenvalue weighted by atomic mass is 16.5. The van der Waals surface area contributed by atoms with Gasteiger partial charge >= 0.3 is 0 Å². The third-order valence-electron chi connectivity index (χ3n) is 4.35. The molecule has 0 aliphatic carbocycles. The summed E-state index contributed by atoms with van der Waals surface area (Å²) in [6.45, 7) is 1.55. The topological polar surface area (TPSA) is 134 Å². The van der Waals surface area contributed by atoms with Crippen molar-refractivity contribution in [2.45, 2.75) is 19.8 Å². The van der Waals surface area contributed by atoms with Gasteiger partial charge in [0.2, 0.25) is 5.95 Å². The first-order valence-electron chi connectivity index (χ1n) is 9.03. The molecule has 3 aromatic rings. The van der Waals surface area contributed by atoms with Gasteiger partial charge in [0.05, 0.1) is 30.8 Å². The van der Waals surface area contributed by atoms with Crippen LogP contribution < -0.4 is 10.1 Å². The summed E-state index contributed by atoms with van der Waals surface area (Å²) in [6.07, 6.45) is 3.95. The molecular formula is C21H19N5O4. The Morgan fingerprint density at radius 1 is 1.27 bits per heavy atom. The Morgan fingerprint density at radius 2 is 2.03 bits per heavy atom. The lowest BCUT2D eigenvalue weighted by molar-refractivity contribution is -0.112. The van der Waals surface area contributed by atoms with Crippen molar-refractivity contribution in [3.63, 3.8) is 0 Å². The van der Waals surface area contributed by atoms with Crippen molar-refractivity contribution in [1.82, 2.24) is 15.1 Å². The molecule has 0 saturated carbocycles. The van der Waals surface area contributed by atoms with Crippen LogP contribution in [0.1, 0.15) is 22.6 Å². The van der Waals surface area contributed by atoms with Crippen molar-refractivity contribution in [3.05, 3.63) is 70.9 Å². The van der Waals surface area contributed by atoms with Crippen LogP contribution in [0.15, 0.2) is 52.8 Å². The Labute approximate surface area is 172 Å². The molecule has 0 saturated heterocycles. The minimum Gasteiger partial charge on any atom is -0.506 e. The maximum atomic E-state index is 12.5. The number of methoxy groups -OCH3 is 1. The Kier molecular flexibility index (Phi) is 6.39. The predicted molar refractivity (Wildman–Crippen MR) is 107 cm³/mol. The van der Waals surface area contributed by atoms with Crippen LogP contribution >= 0.6 is 0 Å². The highest BCUT2D eigenvalue weighted by Crippen LogP contribution is 2.21. The van der Waals surface area contributed by atoms with E-state index in [9.17, 15) is 15.2 Å². The molecule has 0 unspecified atom stereocenters. The van der Waals surface area contributed by atoms with Crippen molar-refractivity contribution in [1.29, 1.82) is 5.26 Å². The molecule has 152 valence electrons. The first-order valence-corrected chi connectivity index (χ1v) is 9.03. The summed E-state index contributed by atoms with van der Waals surface area (Å²) in [5.41, 5.74) is 1.38. The third-order valence-corrected chi connectivity index (χ3v) is 4.35. The fourth-order valence-electron chi connectivity index (χ4n) is 2.76. The van der Waals surface area contributed by atoms with Gasteiger partial charge in [-0.25, -0.2) is 9.97 Å². The maximum absolute atomic E-state index is 12.5. The summed E-state index contributed by atoms with van der Waals surface area (Å²) in [6, 6.07) is 11.6. The molecule has 9 nitrogen and oxygen atoms in total. The van der Waals surface area contributed by atoms with E-state index in [1.165, 1.54) is 19.5 Å². The molecular weight excluding hydrogens is 386 g/mol. The smallest absolute Gasteiger partial charge is 0.272 e. The summed E-state index contributed by atoms with van der Waals surface area (Å²) in [5, 5.41) is 25.6. The predicted octanol–water partition coefficient (Wildman–Crippen LogP) is 3.00. The monoisotopic (exact) mass is 405 g/mol. The van der Waals surface area contributed by atoms with Crippen molar-refractivity contribution >= 4 is 17.6 Å². The quantitative estimate of drug-likeness (QED) is 0.348. The van der Waals surface area contributed by atoms with Crippen LogP contribution in [0.5, 0.6) is 5.75 Å². The molecule has 9 heteroatoms. The first-order chi connectivity index (χ1) is 14.5. The van der Waals surface area contributed by atoms with Gasteiger partial charge in [-0.3, -0.25) is 10.1 Å². The normalized spacial score (nSPS) is 11.4. The van der Waals surface area contributed by atoms with Crippen molar-refractivity contribution in [2.75, 3.05) is 12.4 Å². The number of carbonyl (C=O) groups excluding carboxylic acids is 1. The standard InChI is InChI=1S/C21H19N5O4/c1-13-16(11-24-30-13)19(27)15(10-22)20(28)26-21-23-12-18(29-2)17(25-21)9-8-14-6-4-3-5-7-14/h3-7,11-12,27H,8-9H2,1-2H3,(H,23,25,26,28)/b19-15-. The molecule has 0 atom stereocenters. The zero-order valence-electron chi connectivity index (χ0n) is 16.4. The summed E-state index contributed by atoms with van der Waals surface area (Å²) in [4.78, 5) is 20.9. The van der Waals surface area contributed by atoms with Crippen molar-refractivity contribution < 1.29 is 19.2 Å². The number of benzene rings is 1. The average Bonchev–Trinajstić information content (AvgIpc) is 3.19. The molecule has 0 aliphatic heterocycles. The largest absolute Gasteiger partial charge is 0.506 e. The molecule has 30 heavy (non-hydrogen) atoms. The first kappa shape index (κ1) is 20.5. The molecule has 0 radical (unpaired) electrons. The number of aliphatic hydroxyl groups excluding tert-OH is 1. The zero-order valence-corrected chi connectivity index (χ0v) is 16.4. The highest BCUT2D eigenvalue weighted by Gasteiger charge is 2.21. The van der Waals surface area contributed by atoms with E-state index in [2.05, 4.69) is 20.4 Å². The average molecular weight is 405 g/mol. The maximum Gasteiger partial charge on any atom is 0.272 e. The molecule has 2 N–H and O–H groups in total. The lowest BCUT2D eigenvalue weighted by atomic mass is 10.1. The van der Waals surface area contributed by atoms with Gasteiger partial charge in [0.15, 0.2) is 17.1 Å². The number of rotatable bonds is 7. The molecule has 1 amide bonds. The highest BCUT2D eigenvalue weighted by molar-refractivity contribution is 6.10. The number of amides is 1. The van der Waals surface area contributed by atoms with Crippen LogP contribution in [0, 0.1) is 18.3 Å². The number of hydrogen-bond acceptors (Lipinski definition) is 8. The zero-order chi connectivity index (χ0) is 21.5. The van der Waals surface area contributed by atoms with E-state index in [0.29, 0.717) is 17.9 Å². The molecule has 0 bridgehead atoms. The second-order valence-electron chi connectivity index (χ2n) is 6.28. The number of nitriles is 1. The molecule has 0 spiro atoms. The minimum absolute atomic E-state index is 0.00791. The fraction of sp³-hybridized carbons (Fsp3) is 0.190. The minimum atomic E-state index is -0.852. The van der Waals surface area contributed by atoms with Gasteiger partial charge < -0.3 is 14.4 Å². The Balaban J connectivity index is 1.81. The van der Waals surface area contributed by atoms with E-state index in [4.69, 9.17) is 9.26 Å². The van der Waals surface area contributed by atoms with E-state index in [0.717, 1.165) is 12.0 Å². The van der Waals surface area contributed by atoms with E-state index < -0.39 is 17.2 Å². The van der Waals surface area contributed by atoms with Gasteiger partial charge in [-0.2, -0.15) is 5.26 Å². The van der Waals surface area contributed by atoms with Gasteiger partial charge in [0.1, 0.15) is 11.8 Å². The summed E-state index contributed by atoms with van der Waals surface area (Å²) in [7, 11) is 1.51. The molecule has 3 rings (SSSR count). The molecule has 0 aliphatic rings. The number of ether oxygens (including phenoxy) is 1. The lowest BCUT2D eigenvalue weighted by Crippen LogP contribution is -2.18. The number of hydrogen-bond donors (Lipinski definition) is 2. The molecule has 0 fully saturated rings. The van der Waals surface area contributed by atoms with Crippen LogP contribution in [0.4, 0.5) is 5.95 Å². The molecule has 2 aromatic heterocycles. The number of nitrogens with zero attached hydrogens (tertiary/aromatic N) is 4. The summed E-state index contributed by atoms with van der Waals surface area (Å²) >= 11 is 0. The van der Waals surface area contributed by atoms with E-state index in [-0.39, 0.29) is 17.3 Å². The Morgan fingerprint density at radius 3 is 2.67 bits per heavy atom. The lowest BCUT2D eigenvalue weighted by Gasteiger charge is -2.10. The van der Waals surface area contributed by atoms with Crippen LogP contribution in [0.25, 0.3) is 5.76 Å². The van der Waals surface area contributed by atoms with Crippen LogP contribution in [-0.4, -0.2) is 33.2 Å². The number of anilines is 1. The Hall–Kier alpha value is -4.19. The van der Waals surface area contributed by atoms with E-state index in [1.54, 1.807) is 13.0 Å². The van der Waals surface area contributed by atoms with Crippen molar-refractivity contribution in [2.24, 2.45) is 0 Å². The van der Waals surface area contributed by atoms with Gasteiger partial charge in [0, 0.05) is 0 Å². The van der Waals surface area contributed by atoms with Crippen LogP contribution in [0.2, 0.25) is 0 Å². The number of aryl methyl sites for hydroxylation is 3. The number of aromatic nitrogens is 3. The number of carbonyl (C=O) groups is 1.